The lowest BCUT2D eigenvalue weighted by Crippen LogP contribution is -2.07. The first kappa shape index (κ1) is 20.0. The third kappa shape index (κ3) is 5.32. The van der Waals surface area contributed by atoms with Gasteiger partial charge in [0.05, 0.1) is 11.4 Å². The standard InChI is InChI=1S/C16H10ClF3N2.H3NO2S/c17-12-8-6-11(7-9-12)14-10-15(16(18,19)20)21-22(14)13-4-2-1-3-5-13;1-4(2)3/h1-10H;4H,(H2,1,2,3). The molecule has 10 heteroatoms. The highest BCUT2D eigenvalue weighted by Crippen LogP contribution is 2.33. The summed E-state index contributed by atoms with van der Waals surface area (Å²) in [6.07, 6.45) is -4.50. The van der Waals surface area contributed by atoms with Gasteiger partial charge in [-0.1, -0.05) is 41.9 Å². The maximum Gasteiger partial charge on any atom is 0.435 e. The fraction of sp³-hybridized carbons (Fsp3) is 0.0625. The topological polar surface area (TPSA) is 78.0 Å². The highest BCUT2D eigenvalue weighted by atomic mass is 35.5. The summed E-state index contributed by atoms with van der Waals surface area (Å²) < 4.78 is 57.9. The number of nitrogens with zero attached hydrogens (tertiary/aromatic N) is 2. The Kier molecular flexibility index (Phi) is 6.41. The van der Waals surface area contributed by atoms with Crippen LogP contribution in [0.3, 0.4) is 0 Å². The number of hydrogen-bond donors (Lipinski definition) is 2. The average molecular weight is 404 g/mol. The van der Waals surface area contributed by atoms with Crippen molar-refractivity contribution in [2.24, 2.45) is 5.14 Å². The molecule has 0 unspecified atom stereocenters. The van der Waals surface area contributed by atoms with Gasteiger partial charge in [0.25, 0.3) is 0 Å². The zero-order valence-electron chi connectivity index (χ0n) is 13.0. The predicted molar refractivity (Wildman–Crippen MR) is 93.5 cm³/mol. The van der Waals surface area contributed by atoms with Crippen LogP contribution in [-0.4, -0.2) is 18.2 Å². The molecule has 26 heavy (non-hydrogen) atoms. The zero-order chi connectivity index (χ0) is 19.3. The van der Waals surface area contributed by atoms with E-state index in [1.54, 1.807) is 54.6 Å². The molecular weight excluding hydrogens is 391 g/mol. The van der Waals surface area contributed by atoms with Crippen molar-refractivity contribution in [2.45, 2.75) is 6.18 Å². The van der Waals surface area contributed by atoms with E-state index in [0.717, 1.165) is 6.07 Å². The Bertz CT molecular complexity index is 932. The molecule has 0 aliphatic carbocycles. The number of alkyl halides is 3. The summed E-state index contributed by atoms with van der Waals surface area (Å²) >= 11 is 5.83. The molecule has 0 atom stereocenters. The van der Waals surface area contributed by atoms with Gasteiger partial charge in [-0.25, -0.2) is 18.2 Å². The Labute approximate surface area is 153 Å². The normalized spacial score (nSPS) is 11.2. The van der Waals surface area contributed by atoms with Crippen LogP contribution in [0.5, 0.6) is 0 Å². The molecule has 1 heterocycles. The van der Waals surface area contributed by atoms with Crippen molar-refractivity contribution in [1.29, 1.82) is 0 Å². The van der Waals surface area contributed by atoms with E-state index in [0.29, 0.717) is 22.0 Å². The lowest BCUT2D eigenvalue weighted by atomic mass is 10.1. The molecule has 3 rings (SSSR count). The number of thiol groups is 1. The van der Waals surface area contributed by atoms with Crippen LogP contribution >= 0.6 is 11.6 Å². The van der Waals surface area contributed by atoms with Gasteiger partial charge in [-0.05, 0) is 30.3 Å². The monoisotopic (exact) mass is 403 g/mol. The van der Waals surface area contributed by atoms with E-state index in [-0.39, 0.29) is 0 Å². The molecule has 0 bridgehead atoms. The van der Waals surface area contributed by atoms with E-state index in [2.05, 4.69) is 10.2 Å². The van der Waals surface area contributed by atoms with Crippen LogP contribution in [0.4, 0.5) is 13.2 Å². The summed E-state index contributed by atoms with van der Waals surface area (Å²) in [7, 11) is -2.62. The van der Waals surface area contributed by atoms with Gasteiger partial charge in [0.1, 0.15) is 0 Å². The van der Waals surface area contributed by atoms with Gasteiger partial charge in [0, 0.05) is 10.6 Å². The van der Waals surface area contributed by atoms with Gasteiger partial charge >= 0.3 is 6.18 Å². The Morgan fingerprint density at radius 1 is 1.00 bits per heavy atom. The molecule has 0 radical (unpaired) electrons. The molecule has 2 aromatic carbocycles. The lowest BCUT2D eigenvalue weighted by Gasteiger charge is -2.07. The highest BCUT2D eigenvalue weighted by Gasteiger charge is 2.35. The second kappa shape index (κ2) is 8.35. The molecule has 3 aromatic rings. The number of nitrogens with two attached hydrogens (primary N) is 1. The van der Waals surface area contributed by atoms with Crippen molar-refractivity contribution >= 4 is 22.5 Å². The van der Waals surface area contributed by atoms with Crippen molar-refractivity contribution < 1.29 is 21.6 Å². The average Bonchev–Trinajstić information content (AvgIpc) is 3.01. The van der Waals surface area contributed by atoms with Gasteiger partial charge in [-0.15, -0.1) is 0 Å². The molecule has 0 saturated carbocycles. The maximum absolute atomic E-state index is 13.0. The van der Waals surface area contributed by atoms with Crippen molar-refractivity contribution in [3.05, 3.63) is 71.4 Å². The van der Waals surface area contributed by atoms with E-state index in [9.17, 15) is 13.2 Å². The van der Waals surface area contributed by atoms with Crippen LogP contribution < -0.4 is 5.14 Å². The van der Waals surface area contributed by atoms with Crippen LogP contribution in [0, 0.1) is 0 Å². The first-order valence-electron chi connectivity index (χ1n) is 7.06. The van der Waals surface area contributed by atoms with E-state index in [1.165, 1.54) is 4.68 Å². The molecule has 0 aliphatic rings. The smallest absolute Gasteiger partial charge is 0.233 e. The van der Waals surface area contributed by atoms with Crippen molar-refractivity contribution in [2.75, 3.05) is 0 Å². The van der Waals surface area contributed by atoms with Gasteiger partial charge in [0.15, 0.2) is 16.6 Å². The van der Waals surface area contributed by atoms with Gasteiger partial charge in [-0.2, -0.15) is 18.3 Å². The Morgan fingerprint density at radius 3 is 2.04 bits per heavy atom. The van der Waals surface area contributed by atoms with Crippen LogP contribution in [0.15, 0.2) is 60.7 Å². The number of hydrogen-bond acceptors (Lipinski definition) is 3. The quantitative estimate of drug-likeness (QED) is 0.641. The highest BCUT2D eigenvalue weighted by molar-refractivity contribution is 7.69. The van der Waals surface area contributed by atoms with Gasteiger partial charge in [-0.3, -0.25) is 0 Å². The first-order chi connectivity index (χ1) is 12.2. The molecule has 1 aromatic heterocycles. The minimum atomic E-state index is -4.50. The molecule has 5 nitrogen and oxygen atoms in total. The van der Waals surface area contributed by atoms with Crippen LogP contribution in [0.1, 0.15) is 5.69 Å². The molecule has 2 N–H and O–H groups in total. The number of benzene rings is 2. The largest absolute Gasteiger partial charge is 0.435 e. The Hall–Kier alpha value is -2.36. The minimum Gasteiger partial charge on any atom is -0.233 e. The molecule has 0 fully saturated rings. The Balaban J connectivity index is 0.000000552. The maximum atomic E-state index is 13.0. The molecule has 138 valence electrons. The van der Waals surface area contributed by atoms with Gasteiger partial charge in [0.2, 0.25) is 0 Å². The SMILES string of the molecule is FC(F)(F)c1cc(-c2ccc(Cl)cc2)n(-c2ccccc2)n1.N[SH](=O)=O. The minimum absolute atomic E-state index is 0.357. The summed E-state index contributed by atoms with van der Waals surface area (Å²) in [6, 6.07) is 16.3. The number of halogens is 4. The van der Waals surface area contributed by atoms with Crippen LogP contribution in [-0.2, 0) is 17.1 Å². The number of rotatable bonds is 2. The second-order valence-corrected chi connectivity index (χ2v) is 5.96. The first-order valence-corrected chi connectivity index (χ1v) is 8.68. The van der Waals surface area contributed by atoms with Crippen molar-refractivity contribution in [3.63, 3.8) is 0 Å². The third-order valence-electron chi connectivity index (χ3n) is 3.14. The fourth-order valence-corrected chi connectivity index (χ4v) is 2.24. The van der Waals surface area contributed by atoms with Crippen LogP contribution in [0.25, 0.3) is 16.9 Å². The summed E-state index contributed by atoms with van der Waals surface area (Å²) in [6.45, 7) is 0. The second-order valence-electron chi connectivity index (χ2n) is 4.95. The molecule has 0 spiro atoms. The van der Waals surface area contributed by atoms with E-state index in [1.807, 2.05) is 0 Å². The predicted octanol–water partition coefficient (Wildman–Crippen LogP) is 3.68. The van der Waals surface area contributed by atoms with Crippen molar-refractivity contribution in [3.8, 4) is 16.9 Å². The van der Waals surface area contributed by atoms with E-state index in [4.69, 9.17) is 20.0 Å². The summed E-state index contributed by atoms with van der Waals surface area (Å²) in [4.78, 5) is 0. The Morgan fingerprint density at radius 2 is 1.54 bits per heavy atom. The van der Waals surface area contributed by atoms with E-state index < -0.39 is 22.8 Å². The van der Waals surface area contributed by atoms with Crippen LogP contribution in [0.2, 0.25) is 5.02 Å². The summed E-state index contributed by atoms with van der Waals surface area (Å²) in [5.41, 5.74) is 0.593. The molecule has 0 saturated heterocycles. The molecular formula is C16H13ClF3N3O2S. The zero-order valence-corrected chi connectivity index (χ0v) is 14.7. The van der Waals surface area contributed by atoms with E-state index >= 15 is 0 Å². The summed E-state index contributed by atoms with van der Waals surface area (Å²) in [5, 5.41) is 8.29. The molecule has 0 amide bonds. The van der Waals surface area contributed by atoms with Gasteiger partial charge < -0.3 is 0 Å². The molecule has 0 aliphatic heterocycles. The number of aromatic nitrogens is 2. The summed E-state index contributed by atoms with van der Waals surface area (Å²) in [5.74, 6) is 0. The third-order valence-corrected chi connectivity index (χ3v) is 3.39. The van der Waals surface area contributed by atoms with Crippen molar-refractivity contribution in [1.82, 2.24) is 9.78 Å². The fourth-order valence-electron chi connectivity index (χ4n) is 2.11. The number of para-hydroxylation sites is 1. The lowest BCUT2D eigenvalue weighted by molar-refractivity contribution is -0.141.